The maximum atomic E-state index is 13.4. The molecule has 1 aromatic heterocycles. The van der Waals surface area contributed by atoms with Gasteiger partial charge in [0.1, 0.15) is 5.82 Å². The number of halogens is 3. The van der Waals surface area contributed by atoms with Crippen molar-refractivity contribution in [2.24, 2.45) is 0 Å². The molecule has 10 nitrogen and oxygen atoms in total. The van der Waals surface area contributed by atoms with Gasteiger partial charge in [0.25, 0.3) is 5.91 Å². The molecule has 15 heteroatoms. The van der Waals surface area contributed by atoms with Crippen LogP contribution in [0, 0.1) is 0 Å². The fraction of sp³-hybridized carbons (Fsp3) is 0.556. The third kappa shape index (κ3) is 6.31. The van der Waals surface area contributed by atoms with E-state index in [1.165, 1.54) is 28.6 Å². The summed E-state index contributed by atoms with van der Waals surface area (Å²) in [5, 5.41) is 2.81. The van der Waals surface area contributed by atoms with Crippen LogP contribution < -0.4 is 18.8 Å². The lowest BCUT2D eigenvalue weighted by atomic mass is 10.1. The minimum atomic E-state index is -4.49. The molecular weight excluding hydrogens is 595 g/mol. The molecule has 2 saturated heterocycles. The van der Waals surface area contributed by atoms with Gasteiger partial charge in [0.2, 0.25) is 20.0 Å². The van der Waals surface area contributed by atoms with Gasteiger partial charge in [0, 0.05) is 38.9 Å². The van der Waals surface area contributed by atoms with Crippen molar-refractivity contribution in [1.82, 2.24) is 10.3 Å². The Bertz CT molecular complexity index is 1560. The highest BCUT2D eigenvalue weighted by atomic mass is 32.2. The lowest BCUT2D eigenvalue weighted by Crippen LogP contribution is -2.37. The molecule has 0 bridgehead atoms. The van der Waals surface area contributed by atoms with Gasteiger partial charge >= 0.3 is 6.18 Å². The molecule has 230 valence electrons. The third-order valence-corrected chi connectivity index (χ3v) is 11.4. The number of carbonyl (C=O) groups is 1. The van der Waals surface area contributed by atoms with Crippen LogP contribution in [0.25, 0.3) is 0 Å². The number of amides is 1. The van der Waals surface area contributed by atoms with E-state index in [4.69, 9.17) is 0 Å². The van der Waals surface area contributed by atoms with Gasteiger partial charge < -0.3 is 10.2 Å². The van der Waals surface area contributed by atoms with Crippen LogP contribution >= 0.6 is 0 Å². The number of carbonyl (C=O) groups excluding carboxylic acids is 1. The molecule has 1 saturated carbocycles. The fourth-order valence-electron chi connectivity index (χ4n) is 5.49. The van der Waals surface area contributed by atoms with Crippen molar-refractivity contribution < 1.29 is 34.8 Å². The van der Waals surface area contributed by atoms with Crippen LogP contribution in [0.2, 0.25) is 0 Å². The predicted molar refractivity (Wildman–Crippen MR) is 154 cm³/mol. The van der Waals surface area contributed by atoms with E-state index in [-0.39, 0.29) is 54.9 Å². The Labute approximate surface area is 244 Å². The van der Waals surface area contributed by atoms with Gasteiger partial charge in [-0.05, 0) is 67.9 Å². The minimum Gasteiger partial charge on any atom is -0.355 e. The molecule has 3 fully saturated rings. The fourth-order valence-corrected chi connectivity index (χ4v) is 8.62. The molecule has 1 aliphatic carbocycles. The number of aromatic nitrogens is 1. The van der Waals surface area contributed by atoms with Crippen LogP contribution in [0.5, 0.6) is 0 Å². The Morgan fingerprint density at radius 1 is 1.02 bits per heavy atom. The summed E-state index contributed by atoms with van der Waals surface area (Å²) in [6.45, 7) is 3.31. The number of nitrogens with one attached hydrogen (secondary N) is 1. The summed E-state index contributed by atoms with van der Waals surface area (Å²) < 4.78 is 93.0. The Kier molecular flexibility index (Phi) is 8.36. The van der Waals surface area contributed by atoms with Gasteiger partial charge in [-0.1, -0.05) is 6.92 Å². The highest BCUT2D eigenvalue weighted by Crippen LogP contribution is 2.45. The number of sulfonamides is 2. The number of pyridine rings is 1. The van der Waals surface area contributed by atoms with Crippen molar-refractivity contribution in [1.29, 1.82) is 0 Å². The first kappa shape index (κ1) is 30.4. The van der Waals surface area contributed by atoms with Crippen molar-refractivity contribution in [3.05, 3.63) is 47.2 Å². The van der Waals surface area contributed by atoms with E-state index in [0.29, 0.717) is 42.9 Å². The standard InChI is InChI=1S/C27H34F3N5O5S2/c1-2-10-33(25-23(19-5-6-19)16-20(18-32-25)27(28,29)30)13-9-31-26(36)22-8-7-21(34-11-3-14-41(34,37)38)17-24(22)35-12-4-15-42(35,39)40/h7-8,16-19H,2-6,9-15H2,1H3,(H,31,36). The molecule has 2 aliphatic heterocycles. The van der Waals surface area contributed by atoms with Gasteiger partial charge in [-0.3, -0.25) is 13.4 Å². The molecule has 0 radical (unpaired) electrons. The molecule has 0 unspecified atom stereocenters. The molecule has 1 aromatic carbocycles. The van der Waals surface area contributed by atoms with Crippen molar-refractivity contribution in [2.45, 2.75) is 51.1 Å². The molecule has 42 heavy (non-hydrogen) atoms. The molecule has 0 atom stereocenters. The number of anilines is 3. The summed E-state index contributed by atoms with van der Waals surface area (Å²) in [7, 11) is -7.20. The van der Waals surface area contributed by atoms with Crippen LogP contribution in [-0.2, 0) is 26.2 Å². The first-order valence-corrected chi connectivity index (χ1v) is 17.3. The maximum Gasteiger partial charge on any atom is 0.417 e. The molecule has 5 rings (SSSR count). The van der Waals surface area contributed by atoms with E-state index < -0.39 is 37.7 Å². The number of nitrogens with zero attached hydrogens (tertiary/aromatic N) is 4. The molecule has 1 amide bonds. The number of hydrogen-bond acceptors (Lipinski definition) is 7. The molecule has 1 N–H and O–H groups in total. The van der Waals surface area contributed by atoms with Crippen molar-refractivity contribution in [2.75, 3.05) is 57.7 Å². The number of hydrogen-bond donors (Lipinski definition) is 1. The van der Waals surface area contributed by atoms with Gasteiger partial charge in [0.05, 0.1) is 34.0 Å². The Balaban J connectivity index is 1.37. The number of rotatable bonds is 10. The largest absolute Gasteiger partial charge is 0.417 e. The van der Waals surface area contributed by atoms with Gasteiger partial charge in [-0.25, -0.2) is 21.8 Å². The topological polar surface area (TPSA) is 120 Å². The van der Waals surface area contributed by atoms with E-state index in [1.54, 1.807) is 0 Å². The number of benzene rings is 1. The third-order valence-electron chi connectivity index (χ3n) is 7.68. The Hall–Kier alpha value is -3.07. The van der Waals surface area contributed by atoms with E-state index in [1.807, 2.05) is 11.8 Å². The summed E-state index contributed by atoms with van der Waals surface area (Å²) in [4.78, 5) is 19.4. The second-order valence-electron chi connectivity index (χ2n) is 10.8. The normalized spacial score (nSPS) is 19.7. The monoisotopic (exact) mass is 629 g/mol. The second-order valence-corrected chi connectivity index (χ2v) is 14.9. The highest BCUT2D eigenvalue weighted by molar-refractivity contribution is 7.93. The average Bonchev–Trinajstić information content (AvgIpc) is 3.62. The quantitative estimate of drug-likeness (QED) is 0.426. The average molecular weight is 630 g/mol. The summed E-state index contributed by atoms with van der Waals surface area (Å²) >= 11 is 0. The molecule has 2 aromatic rings. The first-order valence-electron chi connectivity index (χ1n) is 14.1. The van der Waals surface area contributed by atoms with Gasteiger partial charge in [-0.2, -0.15) is 13.2 Å². The summed E-state index contributed by atoms with van der Waals surface area (Å²) in [5.74, 6) is -0.122. The smallest absolute Gasteiger partial charge is 0.355 e. The van der Waals surface area contributed by atoms with Crippen molar-refractivity contribution >= 4 is 43.1 Å². The Morgan fingerprint density at radius 3 is 2.26 bits per heavy atom. The molecular formula is C27H34F3N5O5S2. The van der Waals surface area contributed by atoms with Crippen LogP contribution in [0.15, 0.2) is 30.5 Å². The highest BCUT2D eigenvalue weighted by Gasteiger charge is 2.36. The summed E-state index contributed by atoms with van der Waals surface area (Å²) in [5.41, 5.74) is 0.284. The SMILES string of the molecule is CCCN(CCNC(=O)c1ccc(N2CCCS2(=O)=O)cc1N1CCCS1(=O)=O)c1ncc(C(F)(F)F)cc1C1CC1. The van der Waals surface area contributed by atoms with E-state index in [9.17, 15) is 34.8 Å². The van der Waals surface area contributed by atoms with E-state index in [0.717, 1.165) is 23.3 Å². The van der Waals surface area contributed by atoms with Crippen molar-refractivity contribution in [3.63, 3.8) is 0 Å². The lowest BCUT2D eigenvalue weighted by Gasteiger charge is -2.27. The molecule has 3 heterocycles. The first-order chi connectivity index (χ1) is 19.8. The Morgan fingerprint density at radius 2 is 1.69 bits per heavy atom. The molecule has 0 spiro atoms. The summed E-state index contributed by atoms with van der Waals surface area (Å²) in [6.07, 6.45) is -0.523. The van der Waals surface area contributed by atoms with Crippen LogP contribution in [0.4, 0.5) is 30.4 Å². The zero-order valence-electron chi connectivity index (χ0n) is 23.2. The van der Waals surface area contributed by atoms with Gasteiger partial charge in [0.15, 0.2) is 0 Å². The van der Waals surface area contributed by atoms with Crippen LogP contribution in [-0.4, -0.2) is 72.0 Å². The minimum absolute atomic E-state index is 0.00288. The van der Waals surface area contributed by atoms with E-state index in [2.05, 4.69) is 10.3 Å². The zero-order valence-corrected chi connectivity index (χ0v) is 24.9. The van der Waals surface area contributed by atoms with Crippen LogP contribution in [0.3, 0.4) is 0 Å². The lowest BCUT2D eigenvalue weighted by molar-refractivity contribution is -0.137. The second kappa shape index (κ2) is 11.5. The van der Waals surface area contributed by atoms with E-state index >= 15 is 0 Å². The van der Waals surface area contributed by atoms with Crippen molar-refractivity contribution in [3.8, 4) is 0 Å². The van der Waals surface area contributed by atoms with Crippen LogP contribution in [0.1, 0.15) is 66.4 Å². The maximum absolute atomic E-state index is 13.4. The van der Waals surface area contributed by atoms with Gasteiger partial charge in [-0.15, -0.1) is 0 Å². The summed E-state index contributed by atoms with van der Waals surface area (Å²) in [6, 6.07) is 5.56. The predicted octanol–water partition coefficient (Wildman–Crippen LogP) is 3.70. The molecule has 3 aliphatic rings. The zero-order chi connectivity index (χ0) is 30.3. The number of alkyl halides is 3.